The molecule has 1 radical (unpaired) electrons. The monoisotopic (exact) mass is 311 g/mol. The third kappa shape index (κ3) is 2.78. The van der Waals surface area contributed by atoms with Crippen molar-refractivity contribution < 1.29 is 5.11 Å². The van der Waals surface area contributed by atoms with Crippen LogP contribution in [0.3, 0.4) is 0 Å². The van der Waals surface area contributed by atoms with Crippen LogP contribution in [-0.2, 0) is 0 Å². The van der Waals surface area contributed by atoms with Crippen molar-refractivity contribution in [3.8, 4) is 0 Å². The Hall–Kier alpha value is -1.38. The summed E-state index contributed by atoms with van der Waals surface area (Å²) < 4.78 is 0. The van der Waals surface area contributed by atoms with Crippen LogP contribution in [-0.4, -0.2) is 19.3 Å². The van der Waals surface area contributed by atoms with Gasteiger partial charge in [-0.25, -0.2) is 0 Å². The quantitative estimate of drug-likeness (QED) is 0.855. The molecule has 0 saturated heterocycles. The van der Waals surface area contributed by atoms with Crippen LogP contribution in [0, 0.1) is 6.92 Å². The predicted octanol–water partition coefficient (Wildman–Crippen LogP) is 3.63. The fourth-order valence-corrected chi connectivity index (χ4v) is 10.4. The molecule has 0 aliphatic carbocycles. The summed E-state index contributed by atoms with van der Waals surface area (Å²) in [4.78, 5) is 0. The predicted molar refractivity (Wildman–Crippen MR) is 98.4 cm³/mol. The molecule has 0 spiro atoms. The average molecular weight is 312 g/mol. The van der Waals surface area contributed by atoms with Crippen molar-refractivity contribution >= 4 is 18.4 Å². The van der Waals surface area contributed by atoms with Crippen LogP contribution >= 0.6 is 0 Å². The molecule has 2 rings (SSSR count). The average Bonchev–Trinajstić information content (AvgIpc) is 2.48. The zero-order valence-corrected chi connectivity index (χ0v) is 15.1. The topological polar surface area (TPSA) is 20.2 Å². The highest BCUT2D eigenvalue weighted by atomic mass is 28.3. The third-order valence-electron chi connectivity index (χ3n) is 4.90. The lowest BCUT2D eigenvalue weighted by Gasteiger charge is -2.49. The lowest BCUT2D eigenvalue weighted by atomic mass is 10.2. The normalized spacial score (nSPS) is 15.4. The van der Waals surface area contributed by atoms with Crippen molar-refractivity contribution in [1.29, 1.82) is 0 Å². The minimum Gasteiger partial charge on any atom is -0.393 e. The highest BCUT2D eigenvalue weighted by Crippen LogP contribution is 2.44. The van der Waals surface area contributed by atoms with Gasteiger partial charge in [0.15, 0.2) is 0 Å². The number of benzene rings is 2. The van der Waals surface area contributed by atoms with Crippen molar-refractivity contribution in [2.75, 3.05) is 0 Å². The zero-order valence-electron chi connectivity index (χ0n) is 14.1. The molecule has 2 aromatic carbocycles. The first-order chi connectivity index (χ1) is 10.3. The van der Waals surface area contributed by atoms with Gasteiger partial charge in [0, 0.05) is 0 Å². The highest BCUT2D eigenvalue weighted by molar-refractivity contribution is 7.05. The van der Waals surface area contributed by atoms with Crippen LogP contribution < -0.4 is 10.4 Å². The minimum atomic E-state index is -2.23. The molecule has 22 heavy (non-hydrogen) atoms. The van der Waals surface area contributed by atoms with Crippen LogP contribution in [0.4, 0.5) is 0 Å². The molecule has 1 nitrogen and oxygen atoms in total. The fraction of sp³-hybridized carbons (Fsp3) is 0.350. The van der Waals surface area contributed by atoms with Crippen LogP contribution in [0.15, 0.2) is 60.7 Å². The molecular weight excluding hydrogens is 284 g/mol. The smallest absolute Gasteiger partial charge is 0.128 e. The first kappa shape index (κ1) is 17.0. The molecule has 0 aliphatic heterocycles. The van der Waals surface area contributed by atoms with Gasteiger partial charge in [-0.2, -0.15) is 0 Å². The van der Waals surface area contributed by atoms with E-state index in [9.17, 15) is 5.11 Å². The van der Waals surface area contributed by atoms with E-state index in [0.717, 1.165) is 0 Å². The molecular formula is C20H27OSi. The van der Waals surface area contributed by atoms with E-state index >= 15 is 0 Å². The van der Waals surface area contributed by atoms with Gasteiger partial charge >= 0.3 is 0 Å². The van der Waals surface area contributed by atoms with Crippen LogP contribution in [0.5, 0.6) is 0 Å². The van der Waals surface area contributed by atoms with Crippen molar-refractivity contribution in [3.63, 3.8) is 0 Å². The van der Waals surface area contributed by atoms with Crippen molar-refractivity contribution in [2.24, 2.45) is 0 Å². The Labute approximate surface area is 136 Å². The highest BCUT2D eigenvalue weighted by Gasteiger charge is 2.52. The van der Waals surface area contributed by atoms with E-state index in [-0.39, 0.29) is 10.6 Å². The van der Waals surface area contributed by atoms with Gasteiger partial charge < -0.3 is 5.11 Å². The summed E-state index contributed by atoms with van der Waals surface area (Å²) in [6.07, 6.45) is -0.577. The summed E-state index contributed by atoms with van der Waals surface area (Å²) in [5.41, 5.74) is 0.122. The molecule has 1 N–H and O–H groups in total. The van der Waals surface area contributed by atoms with Gasteiger partial charge in [0.25, 0.3) is 0 Å². The lowest BCUT2D eigenvalue weighted by Crippen LogP contribution is -2.68. The van der Waals surface area contributed by atoms with Crippen LogP contribution in [0.1, 0.15) is 27.7 Å². The van der Waals surface area contributed by atoms with Gasteiger partial charge in [-0.15, -0.1) is 0 Å². The van der Waals surface area contributed by atoms with Gasteiger partial charge in [-0.05, 0) is 17.5 Å². The van der Waals surface area contributed by atoms with Gasteiger partial charge in [-0.1, -0.05) is 98.7 Å². The van der Waals surface area contributed by atoms with Gasteiger partial charge in [0.2, 0.25) is 0 Å². The van der Waals surface area contributed by atoms with Crippen molar-refractivity contribution in [1.82, 2.24) is 0 Å². The van der Waals surface area contributed by atoms with Gasteiger partial charge in [0.05, 0.1) is 6.10 Å². The molecule has 117 valence electrons. The second-order valence-electron chi connectivity index (χ2n) is 7.15. The standard InChI is InChI=1S/C20H27OSi/c1-16(21)17(2)22(20(3,4)5,18-12-8-6-9-13-18)19-14-10-7-11-15-19/h6-17,21H,1H2,2-5H3/t16-,17?/m0/s1. The Morgan fingerprint density at radius 3 is 1.50 bits per heavy atom. The van der Waals surface area contributed by atoms with Crippen molar-refractivity contribution in [3.05, 3.63) is 67.6 Å². The maximum Gasteiger partial charge on any atom is 0.128 e. The van der Waals surface area contributed by atoms with Gasteiger partial charge in [0.1, 0.15) is 8.07 Å². The molecule has 0 heterocycles. The summed E-state index contributed by atoms with van der Waals surface area (Å²) in [5, 5.41) is 13.2. The Bertz CT molecular complexity index is 545. The second-order valence-corrected chi connectivity index (χ2v) is 12.3. The Balaban J connectivity index is 2.82. The Morgan fingerprint density at radius 2 is 1.23 bits per heavy atom. The molecule has 0 saturated carbocycles. The summed E-state index contributed by atoms with van der Waals surface area (Å²) in [6, 6.07) is 21.4. The molecule has 2 atom stereocenters. The van der Waals surface area contributed by atoms with E-state index in [1.54, 1.807) is 0 Å². The number of aliphatic hydroxyl groups is 1. The number of hydrogen-bond acceptors (Lipinski definition) is 1. The van der Waals surface area contributed by atoms with Gasteiger partial charge in [-0.3, -0.25) is 0 Å². The van der Waals surface area contributed by atoms with E-state index in [0.29, 0.717) is 0 Å². The molecule has 0 fully saturated rings. The zero-order chi connectivity index (χ0) is 16.4. The van der Waals surface area contributed by atoms with E-state index < -0.39 is 14.2 Å². The largest absolute Gasteiger partial charge is 0.393 e. The summed E-state index contributed by atoms with van der Waals surface area (Å²) in [7, 11) is -2.23. The van der Waals surface area contributed by atoms with E-state index in [4.69, 9.17) is 0 Å². The Kier molecular flexibility index (Phi) is 4.93. The van der Waals surface area contributed by atoms with Crippen molar-refractivity contribution in [2.45, 2.75) is 44.4 Å². The Morgan fingerprint density at radius 1 is 0.864 bits per heavy atom. The minimum absolute atomic E-state index is 0.0633. The molecule has 2 aromatic rings. The summed E-state index contributed by atoms with van der Waals surface area (Å²) in [6.45, 7) is 13.0. The van der Waals surface area contributed by atoms with E-state index in [2.05, 4.69) is 95.3 Å². The fourth-order valence-electron chi connectivity index (χ4n) is 3.93. The first-order valence-electron chi connectivity index (χ1n) is 7.94. The molecule has 0 aromatic heterocycles. The van der Waals surface area contributed by atoms with E-state index in [1.165, 1.54) is 10.4 Å². The number of rotatable bonds is 4. The molecule has 2 heteroatoms. The molecule has 1 unspecified atom stereocenters. The maximum atomic E-state index is 10.4. The molecule has 0 amide bonds. The van der Waals surface area contributed by atoms with Crippen LogP contribution in [0.25, 0.3) is 0 Å². The SMILES string of the molecule is [CH2][C@H](O)C(C)[Si](c1ccccc1)(c1ccccc1)C(C)(C)C. The van der Waals surface area contributed by atoms with Crippen LogP contribution in [0.2, 0.25) is 10.6 Å². The first-order valence-corrected chi connectivity index (χ1v) is 10.0. The number of aliphatic hydroxyl groups excluding tert-OH is 1. The summed E-state index contributed by atoms with van der Waals surface area (Å²) in [5.74, 6) is 0. The lowest BCUT2D eigenvalue weighted by molar-refractivity contribution is 0.212. The van der Waals surface area contributed by atoms with E-state index in [1.807, 2.05) is 0 Å². The second kappa shape index (κ2) is 6.39. The summed E-state index contributed by atoms with van der Waals surface area (Å²) >= 11 is 0. The maximum absolute atomic E-state index is 10.4. The molecule has 0 bridgehead atoms. The number of hydrogen-bond donors (Lipinski definition) is 1. The molecule has 0 aliphatic rings. The third-order valence-corrected chi connectivity index (χ3v) is 11.5.